The van der Waals surface area contributed by atoms with E-state index in [4.69, 9.17) is 16.3 Å². The Labute approximate surface area is 153 Å². The maximum Gasteiger partial charge on any atom is 0.167 e. The molecule has 0 N–H and O–H groups in total. The lowest BCUT2D eigenvalue weighted by Crippen LogP contribution is -2.05. The van der Waals surface area contributed by atoms with Crippen LogP contribution in [0.3, 0.4) is 0 Å². The summed E-state index contributed by atoms with van der Waals surface area (Å²) in [4.78, 5) is 12.6. The molecule has 0 aliphatic heterocycles. The molecule has 0 saturated heterocycles. The second kappa shape index (κ2) is 8.00. The Kier molecular flexibility index (Phi) is 5.52. The Hall–Kier alpha value is -2.58. The molecule has 0 heterocycles. The van der Waals surface area contributed by atoms with Gasteiger partial charge in [-0.2, -0.15) is 0 Å². The SMILES string of the molecule is Cc1ccc(CC(=O)c2cccc(OCc3ccccc3)c2)c(Cl)c1. The Bertz CT molecular complexity index is 872. The molecule has 126 valence electrons. The molecule has 0 aliphatic carbocycles. The average Bonchev–Trinajstić information content (AvgIpc) is 2.63. The minimum absolute atomic E-state index is 0.0240. The van der Waals surface area contributed by atoms with E-state index in [1.165, 1.54) is 0 Å². The van der Waals surface area contributed by atoms with Gasteiger partial charge in [-0.3, -0.25) is 4.79 Å². The first-order valence-corrected chi connectivity index (χ1v) is 8.54. The van der Waals surface area contributed by atoms with Crippen LogP contribution in [-0.2, 0) is 13.0 Å². The van der Waals surface area contributed by atoms with Crippen LogP contribution in [0.1, 0.15) is 27.0 Å². The summed E-state index contributed by atoms with van der Waals surface area (Å²) in [6, 6.07) is 23.0. The zero-order chi connectivity index (χ0) is 17.6. The van der Waals surface area contributed by atoms with E-state index in [1.54, 1.807) is 12.1 Å². The van der Waals surface area contributed by atoms with Crippen LogP contribution in [0.25, 0.3) is 0 Å². The molecule has 25 heavy (non-hydrogen) atoms. The zero-order valence-corrected chi connectivity index (χ0v) is 14.8. The first-order valence-electron chi connectivity index (χ1n) is 8.17. The number of halogens is 1. The molecule has 0 atom stereocenters. The number of ketones is 1. The first-order chi connectivity index (χ1) is 12.1. The molecule has 0 aliphatic rings. The molecule has 0 bridgehead atoms. The van der Waals surface area contributed by atoms with Gasteiger partial charge in [-0.15, -0.1) is 0 Å². The van der Waals surface area contributed by atoms with Gasteiger partial charge in [0, 0.05) is 17.0 Å². The van der Waals surface area contributed by atoms with E-state index in [-0.39, 0.29) is 12.2 Å². The molecular weight excluding hydrogens is 332 g/mol. The monoisotopic (exact) mass is 350 g/mol. The molecule has 3 aromatic carbocycles. The predicted octanol–water partition coefficient (Wildman–Crippen LogP) is 5.65. The number of carbonyl (C=O) groups excluding carboxylic acids is 1. The molecule has 2 nitrogen and oxygen atoms in total. The fraction of sp³-hybridized carbons (Fsp3) is 0.136. The number of hydrogen-bond acceptors (Lipinski definition) is 2. The molecule has 0 aromatic heterocycles. The van der Waals surface area contributed by atoms with Gasteiger partial charge >= 0.3 is 0 Å². The quantitative estimate of drug-likeness (QED) is 0.537. The number of ether oxygens (including phenoxy) is 1. The number of rotatable bonds is 6. The van der Waals surface area contributed by atoms with Crippen molar-refractivity contribution in [3.8, 4) is 5.75 Å². The summed E-state index contributed by atoms with van der Waals surface area (Å²) < 4.78 is 5.79. The van der Waals surface area contributed by atoms with Crippen LogP contribution in [0.2, 0.25) is 5.02 Å². The Morgan fingerprint density at radius 1 is 0.960 bits per heavy atom. The standard InChI is InChI=1S/C22H19ClO2/c1-16-10-11-18(21(23)12-16)14-22(24)19-8-5-9-20(13-19)25-15-17-6-3-2-4-7-17/h2-13H,14-15H2,1H3. The number of aryl methyl sites for hydroxylation is 1. The van der Waals surface area contributed by atoms with Gasteiger partial charge in [0.15, 0.2) is 5.78 Å². The van der Waals surface area contributed by atoms with E-state index in [0.29, 0.717) is 22.9 Å². The predicted molar refractivity (Wildman–Crippen MR) is 101 cm³/mol. The lowest BCUT2D eigenvalue weighted by molar-refractivity contribution is 0.0992. The van der Waals surface area contributed by atoms with Gasteiger partial charge in [-0.1, -0.05) is 66.2 Å². The van der Waals surface area contributed by atoms with Crippen LogP contribution in [0.5, 0.6) is 5.75 Å². The van der Waals surface area contributed by atoms with Gasteiger partial charge in [0.25, 0.3) is 0 Å². The second-order valence-corrected chi connectivity index (χ2v) is 6.40. The minimum Gasteiger partial charge on any atom is -0.489 e. The summed E-state index contributed by atoms with van der Waals surface area (Å²) >= 11 is 6.23. The smallest absolute Gasteiger partial charge is 0.167 e. The average molecular weight is 351 g/mol. The molecule has 0 radical (unpaired) electrons. The minimum atomic E-state index is 0.0240. The molecule has 0 saturated carbocycles. The van der Waals surface area contributed by atoms with E-state index in [2.05, 4.69) is 0 Å². The van der Waals surface area contributed by atoms with E-state index in [1.807, 2.05) is 67.6 Å². The lowest BCUT2D eigenvalue weighted by atomic mass is 10.0. The summed E-state index contributed by atoms with van der Waals surface area (Å²) in [5, 5.41) is 0.629. The third-order valence-electron chi connectivity index (χ3n) is 3.96. The van der Waals surface area contributed by atoms with Crippen LogP contribution >= 0.6 is 11.6 Å². The molecule has 3 rings (SSSR count). The zero-order valence-electron chi connectivity index (χ0n) is 14.0. The van der Waals surface area contributed by atoms with Gasteiger partial charge in [0.05, 0.1) is 0 Å². The highest BCUT2D eigenvalue weighted by molar-refractivity contribution is 6.31. The van der Waals surface area contributed by atoms with Crippen LogP contribution in [-0.4, -0.2) is 5.78 Å². The Morgan fingerprint density at radius 3 is 2.52 bits per heavy atom. The maximum atomic E-state index is 12.6. The van der Waals surface area contributed by atoms with E-state index < -0.39 is 0 Å². The molecule has 0 amide bonds. The van der Waals surface area contributed by atoms with Gasteiger partial charge in [0.2, 0.25) is 0 Å². The summed E-state index contributed by atoms with van der Waals surface area (Å²) in [5.74, 6) is 0.709. The summed E-state index contributed by atoms with van der Waals surface area (Å²) in [6.07, 6.45) is 0.279. The topological polar surface area (TPSA) is 26.3 Å². The van der Waals surface area contributed by atoms with Gasteiger partial charge in [-0.05, 0) is 41.8 Å². The van der Waals surface area contributed by atoms with Gasteiger partial charge < -0.3 is 4.74 Å². The van der Waals surface area contributed by atoms with Crippen molar-refractivity contribution in [3.05, 3.63) is 100 Å². The van der Waals surface area contributed by atoms with Crippen molar-refractivity contribution < 1.29 is 9.53 Å². The third-order valence-corrected chi connectivity index (χ3v) is 4.32. The van der Waals surface area contributed by atoms with Gasteiger partial charge in [-0.25, -0.2) is 0 Å². The molecule has 0 unspecified atom stereocenters. The first kappa shape index (κ1) is 17.2. The molecule has 0 spiro atoms. The van der Waals surface area contributed by atoms with Crippen molar-refractivity contribution in [2.24, 2.45) is 0 Å². The fourth-order valence-electron chi connectivity index (χ4n) is 2.57. The Morgan fingerprint density at radius 2 is 1.76 bits per heavy atom. The fourth-order valence-corrected chi connectivity index (χ4v) is 2.87. The molecule has 3 heteroatoms. The number of Topliss-reactive ketones (excluding diaryl/α,β-unsaturated/α-hetero) is 1. The van der Waals surface area contributed by atoms with Crippen molar-refractivity contribution in [2.45, 2.75) is 20.0 Å². The van der Waals surface area contributed by atoms with Crippen molar-refractivity contribution in [1.29, 1.82) is 0 Å². The van der Waals surface area contributed by atoms with Crippen molar-refractivity contribution in [3.63, 3.8) is 0 Å². The van der Waals surface area contributed by atoms with Crippen LogP contribution < -0.4 is 4.74 Å². The van der Waals surface area contributed by atoms with Gasteiger partial charge in [0.1, 0.15) is 12.4 Å². The lowest BCUT2D eigenvalue weighted by Gasteiger charge is -2.09. The summed E-state index contributed by atoms with van der Waals surface area (Å²) in [6.45, 7) is 2.45. The third kappa shape index (κ3) is 4.71. The normalized spacial score (nSPS) is 10.5. The summed E-state index contributed by atoms with van der Waals surface area (Å²) in [5.41, 5.74) is 3.64. The van der Waals surface area contributed by atoms with Crippen LogP contribution in [0, 0.1) is 6.92 Å². The van der Waals surface area contributed by atoms with Crippen LogP contribution in [0.4, 0.5) is 0 Å². The highest BCUT2D eigenvalue weighted by atomic mass is 35.5. The van der Waals surface area contributed by atoms with Crippen LogP contribution in [0.15, 0.2) is 72.8 Å². The maximum absolute atomic E-state index is 12.6. The largest absolute Gasteiger partial charge is 0.489 e. The highest BCUT2D eigenvalue weighted by Crippen LogP contribution is 2.21. The summed E-state index contributed by atoms with van der Waals surface area (Å²) in [7, 11) is 0. The number of hydrogen-bond donors (Lipinski definition) is 0. The number of benzene rings is 3. The second-order valence-electron chi connectivity index (χ2n) is 6.00. The van der Waals surface area contributed by atoms with E-state index in [9.17, 15) is 4.79 Å². The molecule has 0 fully saturated rings. The Balaban J connectivity index is 1.69. The molecular formula is C22H19ClO2. The van der Waals surface area contributed by atoms with Crippen molar-refractivity contribution >= 4 is 17.4 Å². The van der Waals surface area contributed by atoms with E-state index >= 15 is 0 Å². The van der Waals surface area contributed by atoms with Crippen molar-refractivity contribution in [1.82, 2.24) is 0 Å². The molecule has 3 aromatic rings. The van der Waals surface area contributed by atoms with E-state index in [0.717, 1.165) is 16.7 Å². The highest BCUT2D eigenvalue weighted by Gasteiger charge is 2.11. The van der Waals surface area contributed by atoms with Crippen molar-refractivity contribution in [2.75, 3.05) is 0 Å². The number of carbonyl (C=O) groups is 1.